The molecule has 5 rings (SSSR count). The highest BCUT2D eigenvalue weighted by molar-refractivity contribution is 7.15. The second-order valence-electron chi connectivity index (χ2n) is 6.92. The van der Waals surface area contributed by atoms with Crippen molar-refractivity contribution >= 4 is 33.4 Å². The first-order valence-electron chi connectivity index (χ1n) is 9.60. The van der Waals surface area contributed by atoms with Gasteiger partial charge in [0, 0.05) is 5.56 Å². The van der Waals surface area contributed by atoms with Crippen molar-refractivity contribution in [1.82, 2.24) is 9.38 Å². The molecule has 0 aliphatic carbocycles. The average Bonchev–Trinajstić information content (AvgIpc) is 3.29. The lowest BCUT2D eigenvalue weighted by Gasteiger charge is -2.11. The number of benzene rings is 3. The van der Waals surface area contributed by atoms with Gasteiger partial charge < -0.3 is 9.47 Å². The molecule has 0 bridgehead atoms. The number of ether oxygens (including phenoxy) is 2. The van der Waals surface area contributed by atoms with Gasteiger partial charge >= 0.3 is 0 Å². The summed E-state index contributed by atoms with van der Waals surface area (Å²) in [4.78, 5) is 18.1. The van der Waals surface area contributed by atoms with Gasteiger partial charge in [-0.1, -0.05) is 47.7 Å². The molecule has 0 saturated carbocycles. The minimum atomic E-state index is -0.315. The zero-order valence-electron chi connectivity index (χ0n) is 16.5. The zero-order chi connectivity index (χ0) is 21.4. The summed E-state index contributed by atoms with van der Waals surface area (Å²) in [5, 5.41) is 0. The van der Waals surface area contributed by atoms with E-state index in [-0.39, 0.29) is 18.0 Å². The Bertz CT molecular complexity index is 1520. The molecule has 5 aromatic rings. The van der Waals surface area contributed by atoms with Crippen LogP contribution in [0.4, 0.5) is 4.39 Å². The molecule has 3 aromatic carbocycles. The molecular weight excluding hydrogens is 415 g/mol. The van der Waals surface area contributed by atoms with Gasteiger partial charge in [-0.15, -0.1) is 0 Å². The van der Waals surface area contributed by atoms with E-state index in [0.29, 0.717) is 26.6 Å². The van der Waals surface area contributed by atoms with Gasteiger partial charge in [-0.2, -0.15) is 0 Å². The van der Waals surface area contributed by atoms with Gasteiger partial charge in [0.05, 0.1) is 22.7 Å². The fourth-order valence-electron chi connectivity index (χ4n) is 3.43. The van der Waals surface area contributed by atoms with E-state index in [1.165, 1.54) is 17.4 Å². The summed E-state index contributed by atoms with van der Waals surface area (Å²) in [6, 6.07) is 19.4. The molecule has 0 fully saturated rings. The average molecular weight is 432 g/mol. The van der Waals surface area contributed by atoms with Crippen molar-refractivity contribution in [3.05, 3.63) is 98.6 Å². The number of fused-ring (bicyclic) bond motifs is 3. The number of rotatable bonds is 5. The molecule has 0 atom stereocenters. The van der Waals surface area contributed by atoms with Crippen LogP contribution < -0.4 is 19.6 Å². The first kappa shape index (κ1) is 19.3. The first-order chi connectivity index (χ1) is 15.1. The number of hydrogen-bond donors (Lipinski definition) is 0. The maximum Gasteiger partial charge on any atom is 0.274 e. The van der Waals surface area contributed by atoms with Gasteiger partial charge in [-0.05, 0) is 42.0 Å². The van der Waals surface area contributed by atoms with E-state index in [4.69, 9.17) is 9.47 Å². The molecule has 0 spiro atoms. The predicted molar refractivity (Wildman–Crippen MR) is 119 cm³/mol. The first-order valence-corrected chi connectivity index (χ1v) is 10.4. The number of halogens is 1. The number of aromatic nitrogens is 2. The molecule has 0 unspecified atom stereocenters. The van der Waals surface area contributed by atoms with Crippen LogP contribution in [0.1, 0.15) is 11.1 Å². The van der Waals surface area contributed by atoms with Crippen LogP contribution in [0.25, 0.3) is 22.1 Å². The predicted octanol–water partition coefficient (Wildman–Crippen LogP) is 4.18. The lowest BCUT2D eigenvalue weighted by molar-refractivity contribution is 0.279. The smallest absolute Gasteiger partial charge is 0.274 e. The summed E-state index contributed by atoms with van der Waals surface area (Å²) >= 11 is 1.34. The number of imidazole rings is 1. The Labute approximate surface area is 180 Å². The number of methoxy groups -OCH3 is 1. The Morgan fingerprint density at radius 2 is 1.87 bits per heavy atom. The normalized spacial score (nSPS) is 12.0. The highest BCUT2D eigenvalue weighted by Gasteiger charge is 2.11. The van der Waals surface area contributed by atoms with E-state index in [0.717, 1.165) is 16.6 Å². The van der Waals surface area contributed by atoms with Crippen LogP contribution >= 0.6 is 11.3 Å². The Balaban J connectivity index is 1.48. The van der Waals surface area contributed by atoms with Gasteiger partial charge in [0.1, 0.15) is 12.4 Å². The monoisotopic (exact) mass is 432 g/mol. The third kappa shape index (κ3) is 3.53. The summed E-state index contributed by atoms with van der Waals surface area (Å²) in [7, 11) is 1.54. The van der Waals surface area contributed by atoms with Crippen LogP contribution in [0.3, 0.4) is 0 Å². The van der Waals surface area contributed by atoms with Crippen molar-refractivity contribution in [3.63, 3.8) is 0 Å². The van der Waals surface area contributed by atoms with Gasteiger partial charge in [0.15, 0.2) is 16.5 Å². The van der Waals surface area contributed by atoms with Crippen molar-refractivity contribution in [2.75, 3.05) is 7.11 Å². The molecule has 0 aliphatic heterocycles. The van der Waals surface area contributed by atoms with E-state index in [1.807, 2.05) is 30.3 Å². The molecule has 7 heteroatoms. The minimum absolute atomic E-state index is 0.0893. The van der Waals surface area contributed by atoms with Crippen LogP contribution in [-0.4, -0.2) is 16.5 Å². The maximum absolute atomic E-state index is 13.8. The molecule has 0 amide bonds. The third-order valence-electron chi connectivity index (χ3n) is 4.97. The van der Waals surface area contributed by atoms with E-state index in [2.05, 4.69) is 4.98 Å². The molecule has 154 valence electrons. The fourth-order valence-corrected chi connectivity index (χ4v) is 4.41. The highest BCUT2D eigenvalue weighted by atomic mass is 32.1. The number of hydrogen-bond acceptors (Lipinski definition) is 5. The third-order valence-corrected chi connectivity index (χ3v) is 5.94. The van der Waals surface area contributed by atoms with Crippen LogP contribution in [0.5, 0.6) is 11.5 Å². The van der Waals surface area contributed by atoms with E-state index in [1.54, 1.807) is 47.9 Å². The van der Waals surface area contributed by atoms with Gasteiger partial charge in [0.2, 0.25) is 0 Å². The minimum Gasteiger partial charge on any atom is -0.493 e. The number of nitrogens with zero attached hydrogens (tertiary/aromatic N) is 2. The molecule has 0 radical (unpaired) electrons. The van der Waals surface area contributed by atoms with Crippen LogP contribution in [0, 0.1) is 5.82 Å². The summed E-state index contributed by atoms with van der Waals surface area (Å²) in [6.45, 7) is 0.0893. The fraction of sp³-hybridized carbons (Fsp3) is 0.0833. The Morgan fingerprint density at radius 3 is 2.71 bits per heavy atom. The van der Waals surface area contributed by atoms with E-state index in [9.17, 15) is 9.18 Å². The van der Waals surface area contributed by atoms with Crippen LogP contribution in [0.15, 0.2) is 71.5 Å². The van der Waals surface area contributed by atoms with Crippen molar-refractivity contribution in [2.45, 2.75) is 6.61 Å². The quantitative estimate of drug-likeness (QED) is 0.418. The van der Waals surface area contributed by atoms with Crippen LogP contribution in [-0.2, 0) is 6.61 Å². The summed E-state index contributed by atoms with van der Waals surface area (Å²) in [5.41, 5.74) is 2.75. The van der Waals surface area contributed by atoms with Crippen LogP contribution in [0.2, 0.25) is 0 Å². The summed E-state index contributed by atoms with van der Waals surface area (Å²) in [5.74, 6) is 0.686. The highest BCUT2D eigenvalue weighted by Crippen LogP contribution is 2.29. The van der Waals surface area contributed by atoms with E-state index < -0.39 is 0 Å². The molecule has 5 nitrogen and oxygen atoms in total. The Hall–Kier alpha value is -3.71. The van der Waals surface area contributed by atoms with Gasteiger partial charge in [-0.25, -0.2) is 13.8 Å². The molecule has 31 heavy (non-hydrogen) atoms. The van der Waals surface area contributed by atoms with Gasteiger partial charge in [-0.3, -0.25) is 4.79 Å². The van der Waals surface area contributed by atoms with Crippen molar-refractivity contribution in [2.24, 2.45) is 0 Å². The lowest BCUT2D eigenvalue weighted by Crippen LogP contribution is -2.22. The molecule has 0 N–H and O–H groups in total. The SMILES string of the molecule is COc1cc(C=c2sc3nc4ccccc4n3c2=O)ccc1OCc1ccccc1F. The topological polar surface area (TPSA) is 52.8 Å². The maximum atomic E-state index is 13.8. The van der Waals surface area contributed by atoms with Crippen molar-refractivity contribution in [1.29, 1.82) is 0 Å². The molecule has 0 aliphatic rings. The Morgan fingerprint density at radius 1 is 1.06 bits per heavy atom. The number of thiazole rings is 1. The Kier molecular flexibility index (Phi) is 4.88. The lowest BCUT2D eigenvalue weighted by atomic mass is 10.2. The number of para-hydroxylation sites is 2. The standard InChI is InChI=1S/C24H17FN2O3S/c1-29-21-12-15(10-11-20(21)30-14-16-6-2-3-7-17(16)25)13-22-23(28)27-19-9-5-4-8-18(19)26-24(27)31-22/h2-13H,14H2,1H3. The largest absolute Gasteiger partial charge is 0.493 e. The second-order valence-corrected chi connectivity index (χ2v) is 7.93. The second kappa shape index (κ2) is 7.85. The molecule has 2 aromatic heterocycles. The van der Waals surface area contributed by atoms with Crippen molar-refractivity contribution in [3.8, 4) is 11.5 Å². The van der Waals surface area contributed by atoms with Gasteiger partial charge in [0.25, 0.3) is 5.56 Å². The molecule has 2 heterocycles. The van der Waals surface area contributed by atoms with Crippen molar-refractivity contribution < 1.29 is 13.9 Å². The summed E-state index contributed by atoms with van der Waals surface area (Å²) < 4.78 is 27.2. The molecular formula is C24H17FN2O3S. The zero-order valence-corrected chi connectivity index (χ0v) is 17.4. The molecule has 0 saturated heterocycles. The summed E-state index contributed by atoms with van der Waals surface area (Å²) in [6.07, 6.45) is 1.81. The van der Waals surface area contributed by atoms with E-state index >= 15 is 0 Å².